The molecule has 0 aliphatic carbocycles. The fourth-order valence-electron chi connectivity index (χ4n) is 2.48. The summed E-state index contributed by atoms with van der Waals surface area (Å²) in [5.74, 6) is 0.426. The Labute approximate surface area is 131 Å². The van der Waals surface area contributed by atoms with E-state index in [4.69, 9.17) is 10.00 Å². The molecule has 2 aromatic carbocycles. The molecule has 0 atom stereocenters. The molecule has 0 amide bonds. The monoisotopic (exact) mass is 293 g/mol. The Morgan fingerprint density at radius 1 is 1.09 bits per heavy atom. The maximum atomic E-state index is 12.0. The summed E-state index contributed by atoms with van der Waals surface area (Å²) in [5, 5.41) is 8.76. The highest BCUT2D eigenvalue weighted by atomic mass is 16.5. The standard InChI is InChI=1S/C19H19NO2/c1-13-10-14(2)19(15(3)11-13)22-18(21)9-8-16-4-6-17(12-20)7-5-16/h4-7,10-11H,8-9H2,1-3H3. The fraction of sp³-hybridized carbons (Fsp3) is 0.263. The third kappa shape index (κ3) is 3.95. The zero-order chi connectivity index (χ0) is 16.1. The first-order chi connectivity index (χ1) is 10.5. The van der Waals surface area contributed by atoms with Crippen molar-refractivity contribution in [2.24, 2.45) is 0 Å². The van der Waals surface area contributed by atoms with Gasteiger partial charge in [0.1, 0.15) is 5.75 Å². The van der Waals surface area contributed by atoms with Crippen molar-refractivity contribution in [3.05, 3.63) is 64.2 Å². The highest BCUT2D eigenvalue weighted by molar-refractivity contribution is 5.73. The molecular weight excluding hydrogens is 274 g/mol. The topological polar surface area (TPSA) is 50.1 Å². The van der Waals surface area contributed by atoms with Gasteiger partial charge >= 0.3 is 5.97 Å². The van der Waals surface area contributed by atoms with Gasteiger partial charge in [-0.1, -0.05) is 29.8 Å². The number of rotatable bonds is 4. The van der Waals surface area contributed by atoms with Crippen molar-refractivity contribution in [1.29, 1.82) is 5.26 Å². The van der Waals surface area contributed by atoms with Gasteiger partial charge in [-0.3, -0.25) is 4.79 Å². The molecule has 0 aliphatic heterocycles. The van der Waals surface area contributed by atoms with Crippen molar-refractivity contribution in [2.75, 3.05) is 0 Å². The van der Waals surface area contributed by atoms with E-state index in [9.17, 15) is 4.79 Å². The van der Waals surface area contributed by atoms with E-state index in [1.54, 1.807) is 12.1 Å². The van der Waals surface area contributed by atoms with E-state index in [0.29, 0.717) is 24.2 Å². The van der Waals surface area contributed by atoms with Crippen LogP contribution in [-0.4, -0.2) is 5.97 Å². The normalized spacial score (nSPS) is 10.1. The maximum absolute atomic E-state index is 12.0. The average Bonchev–Trinajstić information content (AvgIpc) is 2.49. The van der Waals surface area contributed by atoms with Crippen LogP contribution in [0.5, 0.6) is 5.75 Å². The number of benzene rings is 2. The molecule has 0 N–H and O–H groups in total. The number of hydrogen-bond donors (Lipinski definition) is 0. The molecule has 0 saturated heterocycles. The zero-order valence-corrected chi connectivity index (χ0v) is 13.1. The molecule has 0 saturated carbocycles. The highest BCUT2D eigenvalue weighted by Crippen LogP contribution is 2.25. The first-order valence-corrected chi connectivity index (χ1v) is 7.27. The molecule has 0 heterocycles. The molecule has 0 spiro atoms. The van der Waals surface area contributed by atoms with Gasteiger partial charge in [-0.15, -0.1) is 0 Å². The van der Waals surface area contributed by atoms with Crippen LogP contribution in [0.25, 0.3) is 0 Å². The molecule has 0 aliphatic rings. The van der Waals surface area contributed by atoms with Crippen LogP contribution >= 0.6 is 0 Å². The number of ether oxygens (including phenoxy) is 1. The molecule has 0 radical (unpaired) electrons. The highest BCUT2D eigenvalue weighted by Gasteiger charge is 2.11. The van der Waals surface area contributed by atoms with Crippen molar-refractivity contribution in [3.8, 4) is 11.8 Å². The number of carbonyl (C=O) groups excluding carboxylic acids is 1. The third-order valence-electron chi connectivity index (χ3n) is 3.52. The molecule has 22 heavy (non-hydrogen) atoms. The minimum atomic E-state index is -0.237. The largest absolute Gasteiger partial charge is 0.426 e. The van der Waals surface area contributed by atoms with Gasteiger partial charge in [0.15, 0.2) is 0 Å². The number of hydrogen-bond acceptors (Lipinski definition) is 3. The lowest BCUT2D eigenvalue weighted by Gasteiger charge is -2.11. The summed E-state index contributed by atoms with van der Waals surface area (Å²) < 4.78 is 5.51. The average molecular weight is 293 g/mol. The smallest absolute Gasteiger partial charge is 0.311 e. The molecule has 2 aromatic rings. The molecule has 2 rings (SSSR count). The molecule has 0 unspecified atom stereocenters. The van der Waals surface area contributed by atoms with Crippen molar-refractivity contribution in [3.63, 3.8) is 0 Å². The lowest BCUT2D eigenvalue weighted by Crippen LogP contribution is -2.11. The molecule has 3 heteroatoms. The maximum Gasteiger partial charge on any atom is 0.311 e. The van der Waals surface area contributed by atoms with E-state index >= 15 is 0 Å². The Hall–Kier alpha value is -2.60. The van der Waals surface area contributed by atoms with E-state index in [0.717, 1.165) is 22.3 Å². The lowest BCUT2D eigenvalue weighted by atomic mass is 10.1. The van der Waals surface area contributed by atoms with Gasteiger partial charge < -0.3 is 4.74 Å². The Morgan fingerprint density at radius 3 is 2.23 bits per heavy atom. The molecule has 0 fully saturated rings. The minimum Gasteiger partial charge on any atom is -0.426 e. The van der Waals surface area contributed by atoms with Gasteiger partial charge in [0.25, 0.3) is 0 Å². The third-order valence-corrected chi connectivity index (χ3v) is 3.52. The summed E-state index contributed by atoms with van der Waals surface area (Å²) in [6.07, 6.45) is 0.924. The summed E-state index contributed by atoms with van der Waals surface area (Å²) in [7, 11) is 0. The first-order valence-electron chi connectivity index (χ1n) is 7.27. The number of nitrogens with zero attached hydrogens (tertiary/aromatic N) is 1. The van der Waals surface area contributed by atoms with Crippen LogP contribution in [0.2, 0.25) is 0 Å². The predicted molar refractivity (Wildman–Crippen MR) is 85.8 cm³/mol. The van der Waals surface area contributed by atoms with Crippen molar-refractivity contribution >= 4 is 5.97 Å². The van der Waals surface area contributed by atoms with E-state index < -0.39 is 0 Å². The molecular formula is C19H19NO2. The molecule has 112 valence electrons. The Kier molecular flexibility index (Phi) is 4.95. The SMILES string of the molecule is Cc1cc(C)c(OC(=O)CCc2ccc(C#N)cc2)c(C)c1. The molecule has 0 bridgehead atoms. The number of aryl methyl sites for hydroxylation is 4. The summed E-state index contributed by atoms with van der Waals surface area (Å²) in [5.41, 5.74) is 4.76. The van der Waals surface area contributed by atoms with Gasteiger partial charge in [-0.25, -0.2) is 0 Å². The van der Waals surface area contributed by atoms with E-state index in [-0.39, 0.29) is 5.97 Å². The summed E-state index contributed by atoms with van der Waals surface area (Å²) in [4.78, 5) is 12.0. The first kappa shape index (κ1) is 15.8. The van der Waals surface area contributed by atoms with Crippen molar-refractivity contribution in [1.82, 2.24) is 0 Å². The number of carbonyl (C=O) groups is 1. The van der Waals surface area contributed by atoms with Crippen LogP contribution in [0.15, 0.2) is 36.4 Å². The second-order valence-electron chi connectivity index (χ2n) is 5.51. The van der Waals surface area contributed by atoms with Gasteiger partial charge in [0.2, 0.25) is 0 Å². The fourth-order valence-corrected chi connectivity index (χ4v) is 2.48. The van der Waals surface area contributed by atoms with E-state index in [2.05, 4.69) is 6.07 Å². The van der Waals surface area contributed by atoms with E-state index in [1.165, 1.54) is 0 Å². The van der Waals surface area contributed by atoms with Crippen LogP contribution in [0.1, 0.15) is 34.2 Å². The Balaban J connectivity index is 1.97. The predicted octanol–water partition coefficient (Wildman–Crippen LogP) is 4.02. The van der Waals surface area contributed by atoms with Crippen LogP contribution in [0, 0.1) is 32.1 Å². The number of nitriles is 1. The summed E-state index contributed by atoms with van der Waals surface area (Å²) >= 11 is 0. The lowest BCUT2D eigenvalue weighted by molar-refractivity contribution is -0.134. The summed E-state index contributed by atoms with van der Waals surface area (Å²) in [6, 6.07) is 13.4. The van der Waals surface area contributed by atoms with E-state index in [1.807, 2.05) is 45.0 Å². The zero-order valence-electron chi connectivity index (χ0n) is 13.1. The van der Waals surface area contributed by atoms with Gasteiger partial charge in [0, 0.05) is 6.42 Å². The van der Waals surface area contributed by atoms with Gasteiger partial charge in [-0.2, -0.15) is 5.26 Å². The Bertz CT molecular complexity index is 701. The van der Waals surface area contributed by atoms with Crippen LogP contribution in [-0.2, 0) is 11.2 Å². The second kappa shape index (κ2) is 6.91. The molecule has 3 nitrogen and oxygen atoms in total. The number of esters is 1. The van der Waals surface area contributed by atoms with Gasteiger partial charge in [0.05, 0.1) is 11.6 Å². The van der Waals surface area contributed by atoms with Gasteiger partial charge in [-0.05, 0) is 56.0 Å². The van der Waals surface area contributed by atoms with Crippen molar-refractivity contribution in [2.45, 2.75) is 33.6 Å². The van der Waals surface area contributed by atoms with Crippen LogP contribution in [0.4, 0.5) is 0 Å². The quantitative estimate of drug-likeness (QED) is 0.632. The van der Waals surface area contributed by atoms with Crippen LogP contribution < -0.4 is 4.74 Å². The summed E-state index contributed by atoms with van der Waals surface area (Å²) in [6.45, 7) is 5.92. The Morgan fingerprint density at radius 2 is 1.68 bits per heavy atom. The van der Waals surface area contributed by atoms with Crippen molar-refractivity contribution < 1.29 is 9.53 Å². The minimum absolute atomic E-state index is 0.237. The van der Waals surface area contributed by atoms with Crippen LogP contribution in [0.3, 0.4) is 0 Å². The molecule has 0 aromatic heterocycles. The second-order valence-corrected chi connectivity index (χ2v) is 5.51.